The maximum Gasteiger partial charge on any atom is 0.314 e. The second kappa shape index (κ2) is 8.06. The number of hydrogen-bond donors (Lipinski definition) is 0. The highest BCUT2D eigenvalue weighted by Crippen LogP contribution is 2.39. The van der Waals surface area contributed by atoms with Crippen molar-refractivity contribution in [3.63, 3.8) is 0 Å². The summed E-state index contributed by atoms with van der Waals surface area (Å²) in [6.07, 6.45) is 1.98. The minimum absolute atomic E-state index is 0.0487. The van der Waals surface area contributed by atoms with Gasteiger partial charge < -0.3 is 14.5 Å². The van der Waals surface area contributed by atoms with Crippen molar-refractivity contribution < 1.29 is 23.6 Å². The quantitative estimate of drug-likeness (QED) is 0.741. The first kappa shape index (κ1) is 19.3. The summed E-state index contributed by atoms with van der Waals surface area (Å²) in [5.41, 5.74) is 0.548. The molecular formula is C20H25FN2O4. The minimum atomic E-state index is -0.794. The lowest BCUT2D eigenvalue weighted by Crippen LogP contribution is -2.51. The highest BCUT2D eigenvalue weighted by molar-refractivity contribution is 6.01. The van der Waals surface area contributed by atoms with E-state index in [1.165, 1.54) is 19.1 Å². The largest absolute Gasteiger partial charge is 0.466 e. The Morgan fingerprint density at radius 2 is 2.26 bits per heavy atom. The number of benzene rings is 1. The van der Waals surface area contributed by atoms with Crippen LogP contribution in [0.5, 0.6) is 0 Å². The van der Waals surface area contributed by atoms with Crippen LogP contribution in [0.25, 0.3) is 0 Å². The first-order valence-electron chi connectivity index (χ1n) is 9.35. The third-order valence-corrected chi connectivity index (χ3v) is 5.24. The molecule has 0 N–H and O–H groups in total. The molecule has 0 aliphatic carbocycles. The molecule has 2 atom stereocenters. The Balaban J connectivity index is 1.74. The molecule has 0 unspecified atom stereocenters. The first-order chi connectivity index (χ1) is 12.9. The topological polar surface area (TPSA) is 68.2 Å². The molecule has 1 saturated heterocycles. The van der Waals surface area contributed by atoms with E-state index in [1.54, 1.807) is 24.0 Å². The number of oxime groups is 1. The van der Waals surface area contributed by atoms with E-state index in [9.17, 15) is 14.0 Å². The molecule has 0 spiro atoms. The normalized spacial score (nSPS) is 24.9. The van der Waals surface area contributed by atoms with Crippen LogP contribution >= 0.6 is 0 Å². The van der Waals surface area contributed by atoms with Gasteiger partial charge in [-0.3, -0.25) is 9.59 Å². The van der Waals surface area contributed by atoms with Gasteiger partial charge in [0.25, 0.3) is 0 Å². The van der Waals surface area contributed by atoms with E-state index >= 15 is 0 Å². The maximum absolute atomic E-state index is 13.5. The summed E-state index contributed by atoms with van der Waals surface area (Å²) < 4.78 is 18.8. The van der Waals surface area contributed by atoms with Crippen molar-refractivity contribution >= 4 is 17.6 Å². The van der Waals surface area contributed by atoms with Crippen molar-refractivity contribution in [2.45, 2.75) is 45.6 Å². The van der Waals surface area contributed by atoms with Gasteiger partial charge in [0.15, 0.2) is 0 Å². The van der Waals surface area contributed by atoms with Crippen LogP contribution in [0.1, 0.15) is 45.1 Å². The van der Waals surface area contributed by atoms with Gasteiger partial charge in [0, 0.05) is 38.4 Å². The van der Waals surface area contributed by atoms with Crippen LogP contribution in [-0.2, 0) is 19.2 Å². The predicted molar refractivity (Wildman–Crippen MR) is 97.6 cm³/mol. The molecule has 2 heterocycles. The summed E-state index contributed by atoms with van der Waals surface area (Å²) in [6.45, 7) is 4.55. The molecule has 7 heteroatoms. The van der Waals surface area contributed by atoms with Gasteiger partial charge in [-0.1, -0.05) is 17.3 Å². The smallest absolute Gasteiger partial charge is 0.314 e. The van der Waals surface area contributed by atoms with E-state index in [1.807, 2.05) is 0 Å². The molecule has 1 amide bonds. The van der Waals surface area contributed by atoms with E-state index in [4.69, 9.17) is 9.57 Å². The van der Waals surface area contributed by atoms with Gasteiger partial charge >= 0.3 is 5.97 Å². The van der Waals surface area contributed by atoms with Crippen LogP contribution in [0.15, 0.2) is 29.4 Å². The molecule has 146 valence electrons. The number of esters is 1. The molecular weight excluding hydrogens is 351 g/mol. The predicted octanol–water partition coefficient (Wildman–Crippen LogP) is 2.90. The fraction of sp³-hybridized carbons (Fsp3) is 0.550. The van der Waals surface area contributed by atoms with Gasteiger partial charge in [-0.15, -0.1) is 0 Å². The van der Waals surface area contributed by atoms with Gasteiger partial charge in [0.1, 0.15) is 11.9 Å². The Kier molecular flexibility index (Phi) is 5.77. The zero-order chi connectivity index (χ0) is 19.4. The third kappa shape index (κ3) is 4.28. The Labute approximate surface area is 158 Å². The van der Waals surface area contributed by atoms with E-state index in [2.05, 4.69) is 5.16 Å². The van der Waals surface area contributed by atoms with Gasteiger partial charge in [0.2, 0.25) is 5.91 Å². The van der Waals surface area contributed by atoms with Crippen LogP contribution in [0.2, 0.25) is 0 Å². The summed E-state index contributed by atoms with van der Waals surface area (Å²) >= 11 is 0. The summed E-state index contributed by atoms with van der Waals surface area (Å²) in [7, 11) is 0. The van der Waals surface area contributed by atoms with Crippen molar-refractivity contribution in [2.75, 3.05) is 19.7 Å². The fourth-order valence-electron chi connectivity index (χ4n) is 3.91. The first-order valence-corrected chi connectivity index (χ1v) is 9.35. The average Bonchev–Trinajstić information content (AvgIpc) is 3.10. The van der Waals surface area contributed by atoms with Crippen LogP contribution in [0.4, 0.5) is 4.39 Å². The molecule has 1 aromatic carbocycles. The Morgan fingerprint density at radius 1 is 1.44 bits per heavy atom. The molecule has 2 aliphatic heterocycles. The van der Waals surface area contributed by atoms with E-state index in [-0.39, 0.29) is 30.4 Å². The van der Waals surface area contributed by atoms with Crippen molar-refractivity contribution in [1.82, 2.24) is 4.90 Å². The number of piperidine rings is 1. The van der Waals surface area contributed by atoms with Crippen molar-refractivity contribution in [2.24, 2.45) is 10.6 Å². The van der Waals surface area contributed by atoms with E-state index in [0.29, 0.717) is 43.6 Å². The molecule has 0 radical (unpaired) electrons. The zero-order valence-corrected chi connectivity index (χ0v) is 15.7. The molecule has 6 nitrogen and oxygen atoms in total. The SMILES string of the molecule is CCOC(=O)[C@@]1(C[C@H]2CC(c3cccc(F)c3)=NO2)CCCN(C(C)=O)C1. The van der Waals surface area contributed by atoms with Gasteiger partial charge in [-0.25, -0.2) is 4.39 Å². The molecule has 1 aromatic rings. The number of carbonyl (C=O) groups excluding carboxylic acids is 2. The Bertz CT molecular complexity index is 751. The lowest BCUT2D eigenvalue weighted by Gasteiger charge is -2.41. The van der Waals surface area contributed by atoms with Crippen LogP contribution in [0, 0.1) is 11.2 Å². The summed E-state index contributed by atoms with van der Waals surface area (Å²) in [5, 5.41) is 4.10. The van der Waals surface area contributed by atoms with Crippen LogP contribution in [0.3, 0.4) is 0 Å². The number of ether oxygens (including phenoxy) is 1. The summed E-state index contributed by atoms with van der Waals surface area (Å²) in [4.78, 5) is 31.9. The summed E-state index contributed by atoms with van der Waals surface area (Å²) in [5.74, 6) is -0.669. The van der Waals surface area contributed by atoms with Gasteiger partial charge in [-0.05, 0) is 31.9 Å². The summed E-state index contributed by atoms with van der Waals surface area (Å²) in [6, 6.07) is 6.22. The molecule has 0 aromatic heterocycles. The Hall–Kier alpha value is -2.44. The number of halogens is 1. The van der Waals surface area contributed by atoms with E-state index in [0.717, 1.165) is 6.42 Å². The molecule has 2 aliphatic rings. The third-order valence-electron chi connectivity index (χ3n) is 5.24. The second-order valence-electron chi connectivity index (χ2n) is 7.23. The maximum atomic E-state index is 13.5. The van der Waals surface area contributed by atoms with Crippen molar-refractivity contribution in [3.05, 3.63) is 35.6 Å². The minimum Gasteiger partial charge on any atom is -0.466 e. The highest BCUT2D eigenvalue weighted by atomic mass is 19.1. The molecule has 0 saturated carbocycles. The van der Waals surface area contributed by atoms with Gasteiger partial charge in [-0.2, -0.15) is 0 Å². The number of hydrogen-bond acceptors (Lipinski definition) is 5. The number of nitrogens with zero attached hydrogens (tertiary/aromatic N) is 2. The van der Waals surface area contributed by atoms with Crippen molar-refractivity contribution in [1.29, 1.82) is 0 Å². The Morgan fingerprint density at radius 3 is 2.96 bits per heavy atom. The van der Waals surface area contributed by atoms with Crippen LogP contribution < -0.4 is 0 Å². The van der Waals surface area contributed by atoms with Gasteiger partial charge in [0.05, 0.1) is 17.7 Å². The molecule has 1 fully saturated rings. The fourth-order valence-corrected chi connectivity index (χ4v) is 3.91. The average molecular weight is 376 g/mol. The lowest BCUT2D eigenvalue weighted by atomic mass is 9.74. The monoisotopic (exact) mass is 376 g/mol. The highest BCUT2D eigenvalue weighted by Gasteiger charge is 2.47. The van der Waals surface area contributed by atoms with Crippen molar-refractivity contribution in [3.8, 4) is 0 Å². The second-order valence-corrected chi connectivity index (χ2v) is 7.23. The standard InChI is InChI=1S/C20H25FN2O4/c1-3-26-19(25)20(8-5-9-23(13-20)14(2)24)12-17-11-18(22-27-17)15-6-4-7-16(21)10-15/h4,6-7,10,17H,3,5,8-9,11-13H2,1-2H3/t17-,20-/m1/s1. The molecule has 3 rings (SSSR count). The number of likely N-dealkylation sites (tertiary alicyclic amines) is 1. The number of carbonyl (C=O) groups is 2. The number of amides is 1. The number of rotatable bonds is 5. The molecule has 27 heavy (non-hydrogen) atoms. The van der Waals surface area contributed by atoms with Crippen LogP contribution in [-0.4, -0.2) is 48.3 Å². The van der Waals surface area contributed by atoms with E-state index < -0.39 is 5.41 Å². The molecule has 0 bridgehead atoms. The zero-order valence-electron chi connectivity index (χ0n) is 15.7. The lowest BCUT2D eigenvalue weighted by molar-refractivity contribution is -0.163.